The predicted molar refractivity (Wildman–Crippen MR) is 101 cm³/mol. The van der Waals surface area contributed by atoms with Crippen LogP contribution in [0, 0.1) is 5.92 Å². The second-order valence-electron chi connectivity index (χ2n) is 6.91. The molecule has 4 heteroatoms. The summed E-state index contributed by atoms with van der Waals surface area (Å²) < 4.78 is 12.0. The molecule has 0 radical (unpaired) electrons. The fourth-order valence-electron chi connectivity index (χ4n) is 2.98. The third-order valence-electron chi connectivity index (χ3n) is 4.09. The van der Waals surface area contributed by atoms with Crippen molar-refractivity contribution in [3.8, 4) is 11.5 Å². The highest BCUT2D eigenvalue weighted by molar-refractivity contribution is 6.34. The molecule has 2 rings (SSSR count). The van der Waals surface area contributed by atoms with E-state index in [1.165, 1.54) is 5.57 Å². The van der Waals surface area contributed by atoms with Gasteiger partial charge in [0.1, 0.15) is 16.4 Å². The first-order valence-electron chi connectivity index (χ1n) is 8.41. The smallest absolute Gasteiger partial charge is 0.150 e. The normalized spacial score (nSPS) is 16.5. The van der Waals surface area contributed by atoms with Crippen LogP contribution in [0.15, 0.2) is 18.2 Å². The highest BCUT2D eigenvalue weighted by atomic mass is 35.5. The monoisotopic (exact) mass is 350 g/mol. The Hall–Kier alpha value is -1.45. The molecule has 0 saturated heterocycles. The van der Waals surface area contributed by atoms with E-state index in [2.05, 4.69) is 26.0 Å². The molecular weight excluding hydrogens is 324 g/mol. The fraction of sp³-hybridized carbons (Fsp3) is 0.500. The second kappa shape index (κ2) is 7.20. The molecule has 0 bridgehead atoms. The summed E-state index contributed by atoms with van der Waals surface area (Å²) in [4.78, 5) is 0. The molecule has 0 aromatic heterocycles. The lowest BCUT2D eigenvalue weighted by molar-refractivity contribution is 0.156. The van der Waals surface area contributed by atoms with E-state index in [1.807, 2.05) is 27.7 Å². The maximum Gasteiger partial charge on any atom is 0.150 e. The van der Waals surface area contributed by atoms with Crippen molar-refractivity contribution in [2.75, 3.05) is 13.2 Å². The Morgan fingerprint density at radius 2 is 2.08 bits per heavy atom. The Balaban J connectivity index is 2.77. The number of fused-ring (bicyclic) bond motifs is 1. The van der Waals surface area contributed by atoms with Crippen LogP contribution in [0.1, 0.15) is 52.7 Å². The largest absolute Gasteiger partial charge is 0.492 e. The van der Waals surface area contributed by atoms with Crippen molar-refractivity contribution >= 4 is 22.7 Å². The Bertz CT molecular complexity index is 685. The minimum Gasteiger partial charge on any atom is -0.492 e. The number of aliphatic hydroxyl groups excluding tert-OH is 1. The number of hydrogen-bond donors (Lipinski definition) is 1. The molecule has 0 saturated carbocycles. The Labute approximate surface area is 149 Å². The molecule has 0 fully saturated rings. The van der Waals surface area contributed by atoms with Crippen molar-refractivity contribution < 1.29 is 14.6 Å². The number of aliphatic hydroxyl groups is 1. The molecule has 132 valence electrons. The summed E-state index contributed by atoms with van der Waals surface area (Å²) in [5, 5.41) is 9.74. The third-order valence-corrected chi connectivity index (χ3v) is 4.43. The van der Waals surface area contributed by atoms with Crippen LogP contribution in [0.4, 0.5) is 0 Å². The van der Waals surface area contributed by atoms with Gasteiger partial charge in [-0.1, -0.05) is 31.5 Å². The number of ether oxygens (including phenoxy) is 2. The molecule has 3 nitrogen and oxygen atoms in total. The maximum atomic E-state index is 9.25. The average Bonchev–Trinajstić information content (AvgIpc) is 2.49. The van der Waals surface area contributed by atoms with Crippen molar-refractivity contribution in [1.82, 2.24) is 0 Å². The number of benzene rings is 1. The van der Waals surface area contributed by atoms with E-state index < -0.39 is 5.60 Å². The summed E-state index contributed by atoms with van der Waals surface area (Å²) in [6.07, 6.45) is 3.92. The van der Waals surface area contributed by atoms with Gasteiger partial charge in [-0.15, -0.1) is 0 Å². The van der Waals surface area contributed by atoms with E-state index in [0.717, 1.165) is 16.7 Å². The van der Waals surface area contributed by atoms with Crippen molar-refractivity contribution in [1.29, 1.82) is 0 Å². The summed E-state index contributed by atoms with van der Waals surface area (Å²) in [7, 11) is 0. The van der Waals surface area contributed by atoms with Crippen molar-refractivity contribution in [3.63, 3.8) is 0 Å². The third kappa shape index (κ3) is 3.62. The van der Waals surface area contributed by atoms with E-state index in [1.54, 1.807) is 6.08 Å². The zero-order valence-corrected chi connectivity index (χ0v) is 16.1. The van der Waals surface area contributed by atoms with Crippen LogP contribution in [-0.4, -0.2) is 23.9 Å². The number of halogens is 1. The van der Waals surface area contributed by atoms with Crippen LogP contribution in [0.3, 0.4) is 0 Å². The Kier molecular flexibility index (Phi) is 5.67. The Morgan fingerprint density at radius 3 is 2.62 bits per heavy atom. The first-order valence-corrected chi connectivity index (χ1v) is 8.79. The lowest BCUT2D eigenvalue weighted by atomic mass is 9.86. The van der Waals surface area contributed by atoms with Crippen LogP contribution in [0.5, 0.6) is 11.5 Å². The number of rotatable bonds is 5. The van der Waals surface area contributed by atoms with Crippen molar-refractivity contribution in [2.45, 2.75) is 47.1 Å². The predicted octanol–water partition coefficient (Wildman–Crippen LogP) is 5.34. The summed E-state index contributed by atoms with van der Waals surface area (Å²) >= 11 is 6.69. The summed E-state index contributed by atoms with van der Waals surface area (Å²) in [6.45, 7) is 12.7. The lowest BCUT2D eigenvalue weighted by Crippen LogP contribution is -2.30. The first-order chi connectivity index (χ1) is 11.2. The highest BCUT2D eigenvalue weighted by Crippen LogP contribution is 2.49. The maximum absolute atomic E-state index is 9.25. The van der Waals surface area contributed by atoms with Crippen LogP contribution >= 0.6 is 11.6 Å². The molecule has 0 spiro atoms. The molecule has 0 unspecified atom stereocenters. The summed E-state index contributed by atoms with van der Waals surface area (Å²) in [5.74, 6) is 1.63. The van der Waals surface area contributed by atoms with Gasteiger partial charge in [-0.2, -0.15) is 0 Å². The molecule has 1 aromatic carbocycles. The Morgan fingerprint density at radius 1 is 1.42 bits per heavy atom. The van der Waals surface area contributed by atoms with E-state index in [-0.39, 0.29) is 6.61 Å². The fourth-order valence-corrected chi connectivity index (χ4v) is 3.27. The van der Waals surface area contributed by atoms with Gasteiger partial charge in [0.2, 0.25) is 0 Å². The van der Waals surface area contributed by atoms with E-state index in [9.17, 15) is 5.11 Å². The molecule has 1 N–H and O–H groups in total. The number of hydrogen-bond acceptors (Lipinski definition) is 3. The van der Waals surface area contributed by atoms with Crippen LogP contribution in [0.25, 0.3) is 11.1 Å². The van der Waals surface area contributed by atoms with Gasteiger partial charge in [0, 0.05) is 11.1 Å². The zero-order chi connectivity index (χ0) is 18.1. The quantitative estimate of drug-likeness (QED) is 0.778. The SMILES string of the molecule is CCOc1c(/C(C)=C/CO)cc2c(c1Cl)OC(C)(C)C=C2C(C)C. The standard InChI is InChI=1S/C20H27ClO3/c1-7-23-18-14(13(4)8-9-22)10-15-16(12(2)3)11-20(5,6)24-19(15)17(18)21/h8,10-12,22H,7,9H2,1-6H3/b13-8+. The van der Waals surface area contributed by atoms with Gasteiger partial charge in [-0.05, 0) is 56.9 Å². The van der Waals surface area contributed by atoms with E-state index in [4.69, 9.17) is 21.1 Å². The second-order valence-corrected chi connectivity index (χ2v) is 7.28. The van der Waals surface area contributed by atoms with Crippen LogP contribution in [-0.2, 0) is 0 Å². The highest BCUT2D eigenvalue weighted by Gasteiger charge is 2.32. The number of allylic oxidation sites excluding steroid dienone is 2. The van der Waals surface area contributed by atoms with Gasteiger partial charge in [-0.3, -0.25) is 0 Å². The van der Waals surface area contributed by atoms with Gasteiger partial charge in [-0.25, -0.2) is 0 Å². The summed E-state index contributed by atoms with van der Waals surface area (Å²) in [6, 6.07) is 2.06. The zero-order valence-electron chi connectivity index (χ0n) is 15.4. The van der Waals surface area contributed by atoms with E-state index in [0.29, 0.717) is 29.0 Å². The molecule has 1 heterocycles. The van der Waals surface area contributed by atoms with Gasteiger partial charge in [0.25, 0.3) is 0 Å². The molecule has 1 aliphatic rings. The minimum atomic E-state index is -0.419. The van der Waals surface area contributed by atoms with Gasteiger partial charge >= 0.3 is 0 Å². The topological polar surface area (TPSA) is 38.7 Å². The lowest BCUT2D eigenvalue weighted by Gasteiger charge is -2.34. The van der Waals surface area contributed by atoms with Crippen LogP contribution in [0.2, 0.25) is 5.02 Å². The van der Waals surface area contributed by atoms with Crippen molar-refractivity contribution in [3.05, 3.63) is 34.4 Å². The molecule has 0 aliphatic carbocycles. The molecule has 0 atom stereocenters. The van der Waals surface area contributed by atoms with Crippen molar-refractivity contribution in [2.24, 2.45) is 5.92 Å². The molecule has 1 aromatic rings. The molecule has 1 aliphatic heterocycles. The molecule has 24 heavy (non-hydrogen) atoms. The van der Waals surface area contributed by atoms with Gasteiger partial charge in [0.15, 0.2) is 5.75 Å². The first kappa shape index (κ1) is 18.9. The van der Waals surface area contributed by atoms with Gasteiger partial charge in [0.05, 0.1) is 13.2 Å². The average molecular weight is 351 g/mol. The molecule has 0 amide bonds. The molecular formula is C20H27ClO3. The van der Waals surface area contributed by atoms with Gasteiger partial charge < -0.3 is 14.6 Å². The van der Waals surface area contributed by atoms with Crippen LogP contribution < -0.4 is 9.47 Å². The summed E-state index contributed by atoms with van der Waals surface area (Å²) in [5.41, 5.74) is 3.61. The minimum absolute atomic E-state index is 0.0253. The van der Waals surface area contributed by atoms with E-state index >= 15 is 0 Å².